The molecule has 0 spiro atoms. The van der Waals surface area contributed by atoms with Gasteiger partial charge in [-0.15, -0.1) is 0 Å². The van der Waals surface area contributed by atoms with Crippen LogP contribution in [0.4, 0.5) is 15.8 Å². The predicted molar refractivity (Wildman–Crippen MR) is 137 cm³/mol. The highest BCUT2D eigenvalue weighted by Crippen LogP contribution is 2.43. The maximum absolute atomic E-state index is 15.1. The highest BCUT2D eigenvalue weighted by molar-refractivity contribution is 6.51. The first-order chi connectivity index (χ1) is 17.4. The Morgan fingerprint density at radius 2 is 1.67 bits per heavy atom. The third-order valence-electron chi connectivity index (χ3n) is 6.67. The van der Waals surface area contributed by atoms with E-state index in [-0.39, 0.29) is 21.7 Å². The van der Waals surface area contributed by atoms with E-state index in [1.165, 1.54) is 42.3 Å². The number of nitrogens with zero attached hydrogens (tertiary/aromatic N) is 2. The highest BCUT2D eigenvalue weighted by Gasteiger charge is 2.47. The van der Waals surface area contributed by atoms with Gasteiger partial charge in [-0.25, -0.2) is 4.39 Å². The van der Waals surface area contributed by atoms with Gasteiger partial charge in [0.2, 0.25) is 0 Å². The number of ketones is 1. The van der Waals surface area contributed by atoms with Gasteiger partial charge in [-0.05, 0) is 61.4 Å². The second-order valence-corrected chi connectivity index (χ2v) is 9.16. The van der Waals surface area contributed by atoms with Crippen molar-refractivity contribution in [3.8, 4) is 5.75 Å². The average molecular weight is 507 g/mol. The second kappa shape index (κ2) is 9.66. The molecule has 1 amide bonds. The van der Waals surface area contributed by atoms with Gasteiger partial charge in [0.15, 0.2) is 0 Å². The Hall–Kier alpha value is -3.84. The molecule has 1 unspecified atom stereocenters. The zero-order valence-corrected chi connectivity index (χ0v) is 20.3. The smallest absolute Gasteiger partial charge is 0.300 e. The Labute approximate surface area is 213 Å². The quantitative estimate of drug-likeness (QED) is 0.272. The number of halogens is 2. The van der Waals surface area contributed by atoms with Crippen LogP contribution in [0.1, 0.15) is 30.0 Å². The number of carbonyl (C=O) groups excluding carboxylic acids is 2. The van der Waals surface area contributed by atoms with Crippen LogP contribution in [0.15, 0.2) is 72.3 Å². The minimum absolute atomic E-state index is 0.0986. The summed E-state index contributed by atoms with van der Waals surface area (Å²) in [6.45, 7) is 1.92. The van der Waals surface area contributed by atoms with E-state index in [1.54, 1.807) is 24.3 Å². The molecule has 36 heavy (non-hydrogen) atoms. The number of hydrogen-bond acceptors (Lipinski definition) is 5. The molecule has 2 aliphatic heterocycles. The van der Waals surface area contributed by atoms with Crippen LogP contribution in [0.3, 0.4) is 0 Å². The minimum atomic E-state index is -1.16. The first kappa shape index (κ1) is 23.9. The molecule has 5 rings (SSSR count). The molecule has 0 aliphatic carbocycles. The SMILES string of the molecule is COc1ccc(/C(O)=C2\C(=O)C(=O)N(c3ccc(N4CCCC4)cc3)C2c2ccccc2F)cc1Cl. The van der Waals surface area contributed by atoms with Crippen LogP contribution in [-0.2, 0) is 9.59 Å². The van der Waals surface area contributed by atoms with Crippen molar-refractivity contribution in [2.75, 3.05) is 30.0 Å². The lowest BCUT2D eigenvalue weighted by Crippen LogP contribution is -2.30. The van der Waals surface area contributed by atoms with Gasteiger partial charge in [-0.1, -0.05) is 29.8 Å². The van der Waals surface area contributed by atoms with Crippen molar-refractivity contribution in [3.63, 3.8) is 0 Å². The molecule has 8 heteroatoms. The van der Waals surface area contributed by atoms with E-state index in [4.69, 9.17) is 16.3 Å². The second-order valence-electron chi connectivity index (χ2n) is 8.75. The zero-order valence-electron chi connectivity index (χ0n) is 19.6. The summed E-state index contributed by atoms with van der Waals surface area (Å²) in [4.78, 5) is 30.1. The molecule has 3 aromatic carbocycles. The normalized spacial score (nSPS) is 19.2. The van der Waals surface area contributed by atoms with E-state index in [0.29, 0.717) is 11.4 Å². The monoisotopic (exact) mass is 506 g/mol. The van der Waals surface area contributed by atoms with Crippen molar-refractivity contribution in [1.29, 1.82) is 0 Å². The third kappa shape index (κ3) is 4.09. The molecule has 1 N–H and O–H groups in total. The zero-order chi connectivity index (χ0) is 25.4. The van der Waals surface area contributed by atoms with Gasteiger partial charge >= 0.3 is 0 Å². The molecule has 184 valence electrons. The molecule has 0 radical (unpaired) electrons. The number of benzene rings is 3. The van der Waals surface area contributed by atoms with Gasteiger partial charge in [-0.2, -0.15) is 0 Å². The molecule has 6 nitrogen and oxygen atoms in total. The molecule has 2 heterocycles. The van der Waals surface area contributed by atoms with Gasteiger partial charge in [0, 0.05) is 35.6 Å². The summed E-state index contributed by atoms with van der Waals surface area (Å²) in [5.74, 6) is -2.41. The Morgan fingerprint density at radius 1 is 1.00 bits per heavy atom. The van der Waals surface area contributed by atoms with Gasteiger partial charge in [-0.3, -0.25) is 14.5 Å². The van der Waals surface area contributed by atoms with E-state index in [1.807, 2.05) is 12.1 Å². The summed E-state index contributed by atoms with van der Waals surface area (Å²) in [6, 6.07) is 16.5. The summed E-state index contributed by atoms with van der Waals surface area (Å²) in [5.41, 5.74) is 1.55. The number of Topliss-reactive ketones (excluding diaryl/α,β-unsaturated/α-hetero) is 1. The van der Waals surface area contributed by atoms with Gasteiger partial charge in [0.1, 0.15) is 17.3 Å². The van der Waals surface area contributed by atoms with E-state index in [0.717, 1.165) is 31.6 Å². The van der Waals surface area contributed by atoms with Crippen LogP contribution >= 0.6 is 11.6 Å². The number of aliphatic hydroxyl groups excluding tert-OH is 1. The summed E-state index contributed by atoms with van der Waals surface area (Å²) in [7, 11) is 1.46. The van der Waals surface area contributed by atoms with Crippen molar-refractivity contribution in [2.45, 2.75) is 18.9 Å². The van der Waals surface area contributed by atoms with Crippen molar-refractivity contribution in [2.24, 2.45) is 0 Å². The predicted octanol–water partition coefficient (Wildman–Crippen LogP) is 5.71. The van der Waals surface area contributed by atoms with Gasteiger partial charge in [0.25, 0.3) is 11.7 Å². The van der Waals surface area contributed by atoms with Crippen molar-refractivity contribution in [1.82, 2.24) is 0 Å². The summed E-state index contributed by atoms with van der Waals surface area (Å²) >= 11 is 6.23. The minimum Gasteiger partial charge on any atom is -0.507 e. The van der Waals surface area contributed by atoms with Crippen LogP contribution in [-0.4, -0.2) is 37.0 Å². The number of hydrogen-bond donors (Lipinski definition) is 1. The lowest BCUT2D eigenvalue weighted by atomic mass is 9.94. The van der Waals surface area contributed by atoms with Crippen LogP contribution in [0.5, 0.6) is 5.75 Å². The molecular formula is C28H24ClFN2O4. The molecule has 0 saturated carbocycles. The molecule has 2 aliphatic rings. The van der Waals surface area contributed by atoms with E-state index in [2.05, 4.69) is 4.90 Å². The fourth-order valence-electron chi connectivity index (χ4n) is 4.86. The number of aliphatic hydroxyl groups is 1. The fraction of sp³-hybridized carbons (Fsp3) is 0.214. The van der Waals surface area contributed by atoms with E-state index in [9.17, 15) is 14.7 Å². The lowest BCUT2D eigenvalue weighted by molar-refractivity contribution is -0.132. The van der Waals surface area contributed by atoms with Crippen LogP contribution in [0.25, 0.3) is 5.76 Å². The molecule has 0 bridgehead atoms. The number of anilines is 2. The average Bonchev–Trinajstić information content (AvgIpc) is 3.51. The van der Waals surface area contributed by atoms with Crippen molar-refractivity contribution < 1.29 is 23.8 Å². The molecular weight excluding hydrogens is 483 g/mol. The summed E-state index contributed by atoms with van der Waals surface area (Å²) in [5, 5.41) is 11.4. The van der Waals surface area contributed by atoms with E-state index >= 15 is 4.39 Å². The first-order valence-electron chi connectivity index (χ1n) is 11.6. The highest BCUT2D eigenvalue weighted by atomic mass is 35.5. The number of rotatable bonds is 5. The fourth-order valence-corrected chi connectivity index (χ4v) is 5.12. The Balaban J connectivity index is 1.64. The number of carbonyl (C=O) groups is 2. The molecule has 3 aromatic rings. The first-order valence-corrected chi connectivity index (χ1v) is 12.0. The Bertz CT molecular complexity index is 1370. The lowest BCUT2D eigenvalue weighted by Gasteiger charge is -2.26. The number of ether oxygens (including phenoxy) is 1. The largest absolute Gasteiger partial charge is 0.507 e. The third-order valence-corrected chi connectivity index (χ3v) is 6.96. The van der Waals surface area contributed by atoms with Crippen molar-refractivity contribution >= 4 is 40.4 Å². The maximum atomic E-state index is 15.1. The maximum Gasteiger partial charge on any atom is 0.300 e. The molecule has 0 aromatic heterocycles. The molecule has 1 atom stereocenters. The molecule has 2 saturated heterocycles. The standard InChI is InChI=1S/C28H24ClFN2O4/c1-36-23-13-8-17(16-21(23)29)26(33)24-25(20-6-2-3-7-22(20)30)32(28(35)27(24)34)19-11-9-18(10-12-19)31-14-4-5-15-31/h2-3,6-13,16,25,33H,4-5,14-15H2,1H3/b26-24+. The summed E-state index contributed by atoms with van der Waals surface area (Å²) in [6.07, 6.45) is 2.25. The van der Waals surface area contributed by atoms with Crippen molar-refractivity contribution in [3.05, 3.63) is 94.3 Å². The van der Waals surface area contributed by atoms with E-state index < -0.39 is 29.3 Å². The Kier molecular flexibility index (Phi) is 6.41. The Morgan fingerprint density at radius 3 is 2.31 bits per heavy atom. The van der Waals surface area contributed by atoms with Crippen LogP contribution in [0, 0.1) is 5.82 Å². The van der Waals surface area contributed by atoms with Gasteiger partial charge < -0.3 is 14.7 Å². The molecule has 2 fully saturated rings. The summed E-state index contributed by atoms with van der Waals surface area (Å²) < 4.78 is 20.2. The number of methoxy groups -OCH3 is 1. The van der Waals surface area contributed by atoms with Crippen LogP contribution < -0.4 is 14.5 Å². The topological polar surface area (TPSA) is 70.1 Å². The van der Waals surface area contributed by atoms with Crippen LogP contribution in [0.2, 0.25) is 5.02 Å². The van der Waals surface area contributed by atoms with Gasteiger partial charge in [0.05, 0.1) is 23.7 Å². The number of amides is 1.